The molecular weight excluding hydrogens is 657 g/mol. The minimum atomic E-state index is 0.656. The van der Waals surface area contributed by atoms with Crippen molar-refractivity contribution in [1.29, 1.82) is 0 Å². The molecule has 0 aliphatic rings. The molecule has 0 fully saturated rings. The Balaban J connectivity index is 1.17. The SMILES string of the molecule is c1ccc(-c2c3ccccc3c(-c3cccc(-c4nc(-c5ccc(-c6cccnc6)cc5)cc(-c5cncc6ccccc56)n4)c3)c3ccccc23)cc1. The van der Waals surface area contributed by atoms with Gasteiger partial charge in [0.1, 0.15) is 0 Å². The molecule has 4 nitrogen and oxygen atoms in total. The van der Waals surface area contributed by atoms with E-state index in [4.69, 9.17) is 9.97 Å². The third kappa shape index (κ3) is 5.58. The van der Waals surface area contributed by atoms with E-state index in [0.29, 0.717) is 5.82 Å². The van der Waals surface area contributed by atoms with Gasteiger partial charge in [-0.25, -0.2) is 9.97 Å². The standard InChI is InChI=1S/C50H32N4/c1-2-12-35(13-3-1)48-41-19-6-8-21-43(41)49(44-22-9-7-20-42(44)48)36-15-10-16-37(28-36)50-53-46(34-25-23-33(24-26-34)38-17-11-27-51-30-38)29-47(54-50)45-32-52-31-39-14-4-5-18-40(39)45/h1-32H. The zero-order chi connectivity index (χ0) is 35.8. The molecule has 0 aliphatic heterocycles. The van der Waals surface area contributed by atoms with E-state index in [2.05, 4.69) is 168 Å². The first-order valence-electron chi connectivity index (χ1n) is 18.1. The fraction of sp³-hybridized carbons (Fsp3) is 0. The molecule has 4 heteroatoms. The normalized spacial score (nSPS) is 11.3. The summed E-state index contributed by atoms with van der Waals surface area (Å²) in [6, 6.07) is 59.9. The van der Waals surface area contributed by atoms with Crippen molar-refractivity contribution in [2.24, 2.45) is 0 Å². The van der Waals surface area contributed by atoms with Gasteiger partial charge in [0.05, 0.1) is 11.4 Å². The van der Waals surface area contributed by atoms with Gasteiger partial charge in [0.2, 0.25) is 0 Å². The Labute approximate surface area is 313 Å². The van der Waals surface area contributed by atoms with E-state index in [1.54, 1.807) is 6.20 Å². The van der Waals surface area contributed by atoms with Crippen LogP contribution in [-0.2, 0) is 0 Å². The average Bonchev–Trinajstić information content (AvgIpc) is 3.26. The van der Waals surface area contributed by atoms with Crippen LogP contribution in [0.1, 0.15) is 0 Å². The quantitative estimate of drug-likeness (QED) is 0.163. The molecule has 0 saturated carbocycles. The molecule has 7 aromatic carbocycles. The average molecular weight is 689 g/mol. The van der Waals surface area contributed by atoms with Gasteiger partial charge in [0, 0.05) is 46.9 Å². The maximum absolute atomic E-state index is 5.27. The van der Waals surface area contributed by atoms with E-state index in [-0.39, 0.29) is 0 Å². The molecule has 0 atom stereocenters. The van der Waals surface area contributed by atoms with Crippen LogP contribution in [-0.4, -0.2) is 19.9 Å². The smallest absolute Gasteiger partial charge is 0.160 e. The van der Waals surface area contributed by atoms with Crippen molar-refractivity contribution in [2.45, 2.75) is 0 Å². The van der Waals surface area contributed by atoms with Crippen molar-refractivity contribution in [2.75, 3.05) is 0 Å². The molecule has 3 aromatic heterocycles. The highest BCUT2D eigenvalue weighted by atomic mass is 14.9. The number of benzene rings is 7. The van der Waals surface area contributed by atoms with Crippen molar-refractivity contribution < 1.29 is 0 Å². The van der Waals surface area contributed by atoms with Crippen molar-refractivity contribution in [3.63, 3.8) is 0 Å². The Morgan fingerprint density at radius 1 is 0.315 bits per heavy atom. The molecule has 0 N–H and O–H groups in total. The molecule has 0 aliphatic carbocycles. The van der Waals surface area contributed by atoms with Crippen LogP contribution in [0.3, 0.4) is 0 Å². The number of fused-ring (bicyclic) bond motifs is 3. The fourth-order valence-electron chi connectivity index (χ4n) is 7.72. The van der Waals surface area contributed by atoms with Crippen LogP contribution in [0.4, 0.5) is 0 Å². The second-order valence-corrected chi connectivity index (χ2v) is 13.5. The summed E-state index contributed by atoms with van der Waals surface area (Å²) >= 11 is 0. The summed E-state index contributed by atoms with van der Waals surface area (Å²) in [5, 5.41) is 7.02. The largest absolute Gasteiger partial charge is 0.264 e. The van der Waals surface area contributed by atoms with Crippen molar-refractivity contribution >= 4 is 32.3 Å². The van der Waals surface area contributed by atoms with E-state index in [1.165, 1.54) is 38.2 Å². The molecule has 0 radical (unpaired) electrons. The number of rotatable bonds is 6. The lowest BCUT2D eigenvalue weighted by atomic mass is 9.85. The molecule has 10 rings (SSSR count). The minimum Gasteiger partial charge on any atom is -0.264 e. The predicted octanol–water partition coefficient (Wildman–Crippen LogP) is 12.7. The van der Waals surface area contributed by atoms with Gasteiger partial charge < -0.3 is 0 Å². The maximum atomic E-state index is 5.27. The van der Waals surface area contributed by atoms with Crippen LogP contribution in [0, 0.1) is 0 Å². The third-order valence-corrected chi connectivity index (χ3v) is 10.2. The van der Waals surface area contributed by atoms with E-state index >= 15 is 0 Å². The summed E-state index contributed by atoms with van der Waals surface area (Å²) < 4.78 is 0. The lowest BCUT2D eigenvalue weighted by molar-refractivity contribution is 1.18. The second kappa shape index (κ2) is 13.4. The first-order chi connectivity index (χ1) is 26.8. The van der Waals surface area contributed by atoms with E-state index in [0.717, 1.165) is 55.5 Å². The van der Waals surface area contributed by atoms with Crippen molar-refractivity contribution in [3.05, 3.63) is 195 Å². The van der Waals surface area contributed by atoms with Gasteiger partial charge in [0.25, 0.3) is 0 Å². The highest BCUT2D eigenvalue weighted by molar-refractivity contribution is 6.21. The van der Waals surface area contributed by atoms with Gasteiger partial charge in [-0.2, -0.15) is 0 Å². The number of aromatic nitrogens is 4. The fourth-order valence-corrected chi connectivity index (χ4v) is 7.72. The lowest BCUT2D eigenvalue weighted by Gasteiger charge is -2.18. The van der Waals surface area contributed by atoms with Gasteiger partial charge in [0.15, 0.2) is 5.82 Å². The first kappa shape index (κ1) is 31.4. The van der Waals surface area contributed by atoms with Gasteiger partial charge >= 0.3 is 0 Å². The van der Waals surface area contributed by atoms with Gasteiger partial charge in [-0.15, -0.1) is 0 Å². The number of hydrogen-bond acceptors (Lipinski definition) is 4. The zero-order valence-corrected chi connectivity index (χ0v) is 29.3. The first-order valence-corrected chi connectivity index (χ1v) is 18.1. The Kier molecular flexibility index (Phi) is 7.77. The predicted molar refractivity (Wildman–Crippen MR) is 223 cm³/mol. The van der Waals surface area contributed by atoms with Gasteiger partial charge in [-0.3, -0.25) is 9.97 Å². The molecule has 252 valence electrons. The minimum absolute atomic E-state index is 0.656. The van der Waals surface area contributed by atoms with Gasteiger partial charge in [-0.05, 0) is 78.5 Å². The number of nitrogens with zero attached hydrogens (tertiary/aromatic N) is 4. The summed E-state index contributed by atoms with van der Waals surface area (Å²) in [5.41, 5.74) is 11.5. The van der Waals surface area contributed by atoms with Crippen LogP contribution in [0.2, 0.25) is 0 Å². The third-order valence-electron chi connectivity index (χ3n) is 10.2. The second-order valence-electron chi connectivity index (χ2n) is 13.5. The van der Waals surface area contributed by atoms with E-state index < -0.39 is 0 Å². The molecule has 3 heterocycles. The molecule has 10 aromatic rings. The molecule has 54 heavy (non-hydrogen) atoms. The Bertz CT molecular complexity index is 2910. The van der Waals surface area contributed by atoms with Crippen LogP contribution in [0.15, 0.2) is 195 Å². The monoisotopic (exact) mass is 688 g/mol. The van der Waals surface area contributed by atoms with Crippen LogP contribution in [0.5, 0.6) is 0 Å². The van der Waals surface area contributed by atoms with Crippen molar-refractivity contribution in [1.82, 2.24) is 19.9 Å². The number of pyridine rings is 2. The lowest BCUT2D eigenvalue weighted by Crippen LogP contribution is -1.97. The highest BCUT2D eigenvalue weighted by Gasteiger charge is 2.18. The maximum Gasteiger partial charge on any atom is 0.160 e. The van der Waals surface area contributed by atoms with Crippen LogP contribution < -0.4 is 0 Å². The molecule has 0 saturated heterocycles. The van der Waals surface area contributed by atoms with E-state index in [1.807, 2.05) is 30.7 Å². The summed E-state index contributed by atoms with van der Waals surface area (Å²) in [7, 11) is 0. The van der Waals surface area contributed by atoms with Crippen LogP contribution in [0.25, 0.3) is 99.6 Å². The zero-order valence-electron chi connectivity index (χ0n) is 29.3. The summed E-state index contributed by atoms with van der Waals surface area (Å²) in [4.78, 5) is 19.4. The summed E-state index contributed by atoms with van der Waals surface area (Å²) in [6.45, 7) is 0. The molecule has 0 amide bonds. The molecule has 0 spiro atoms. The highest BCUT2D eigenvalue weighted by Crippen LogP contribution is 2.44. The molecular formula is C50H32N4. The Hall–Kier alpha value is -7.30. The molecule has 0 bridgehead atoms. The van der Waals surface area contributed by atoms with E-state index in [9.17, 15) is 0 Å². The van der Waals surface area contributed by atoms with Crippen molar-refractivity contribution in [3.8, 4) is 67.3 Å². The Morgan fingerprint density at radius 3 is 1.59 bits per heavy atom. The number of hydrogen-bond donors (Lipinski definition) is 0. The topological polar surface area (TPSA) is 51.6 Å². The summed E-state index contributed by atoms with van der Waals surface area (Å²) in [5.74, 6) is 0.656. The Morgan fingerprint density at radius 2 is 0.889 bits per heavy atom. The molecule has 0 unspecified atom stereocenters. The summed E-state index contributed by atoms with van der Waals surface area (Å²) in [6.07, 6.45) is 7.49. The van der Waals surface area contributed by atoms with Gasteiger partial charge in [-0.1, -0.05) is 152 Å². The van der Waals surface area contributed by atoms with Crippen LogP contribution >= 0.6 is 0 Å².